The molecule has 0 N–H and O–H groups in total. The second-order valence-corrected chi connectivity index (χ2v) is 3.88. The molecule has 1 nitrogen and oxygen atoms in total. The predicted octanol–water partition coefficient (Wildman–Crippen LogP) is 3.90. The van der Waals surface area contributed by atoms with Crippen LogP contribution in [0, 0.1) is 0 Å². The van der Waals surface area contributed by atoms with Crippen molar-refractivity contribution in [3.8, 4) is 0 Å². The number of hydrogen-bond acceptors (Lipinski definition) is 1. The van der Waals surface area contributed by atoms with Gasteiger partial charge in [-0.1, -0.05) is 33.1 Å². The van der Waals surface area contributed by atoms with E-state index in [1.165, 1.54) is 55.6 Å². The van der Waals surface area contributed by atoms with Crippen LogP contribution in [0.15, 0.2) is 36.1 Å². The average molecular weight is 205 g/mol. The highest BCUT2D eigenvalue weighted by atomic mass is 15.1. The summed E-state index contributed by atoms with van der Waals surface area (Å²) < 4.78 is 0. The van der Waals surface area contributed by atoms with E-state index in [4.69, 9.17) is 0 Å². The van der Waals surface area contributed by atoms with Crippen LogP contribution in [0.25, 0.3) is 0 Å². The van der Waals surface area contributed by atoms with Gasteiger partial charge >= 0.3 is 0 Å². The number of hydrogen-bond donors (Lipinski definition) is 0. The summed E-state index contributed by atoms with van der Waals surface area (Å²) in [7, 11) is 0. The first-order valence-electron chi connectivity index (χ1n) is 6.11. The van der Waals surface area contributed by atoms with Gasteiger partial charge in [0.15, 0.2) is 0 Å². The molecule has 2 aliphatic rings. The quantitative estimate of drug-likeness (QED) is 0.627. The molecule has 0 aromatic heterocycles. The summed E-state index contributed by atoms with van der Waals surface area (Å²) in [6, 6.07) is 0. The summed E-state index contributed by atoms with van der Waals surface area (Å²) in [5, 5.41) is 0. The highest BCUT2D eigenvalue weighted by Crippen LogP contribution is 2.33. The van der Waals surface area contributed by atoms with Gasteiger partial charge in [0.1, 0.15) is 0 Å². The fourth-order valence-corrected chi connectivity index (χ4v) is 2.37. The lowest BCUT2D eigenvalue weighted by atomic mass is 9.92. The molecule has 15 heavy (non-hydrogen) atoms. The molecule has 1 heteroatoms. The fraction of sp³-hybridized carbons (Fsp3) is 0.571. The SMILES string of the molecule is C=CC1=C2C(=C)CCCN2CCC1.CC. The molecule has 2 heterocycles. The van der Waals surface area contributed by atoms with Crippen molar-refractivity contribution >= 4 is 0 Å². The Hall–Kier alpha value is -0.980. The smallest absolute Gasteiger partial charge is 0.0425 e. The van der Waals surface area contributed by atoms with E-state index in [1.807, 2.05) is 19.9 Å². The molecule has 0 atom stereocenters. The van der Waals surface area contributed by atoms with Crippen molar-refractivity contribution < 1.29 is 0 Å². The second kappa shape index (κ2) is 5.79. The molecular weight excluding hydrogens is 182 g/mol. The Morgan fingerprint density at radius 2 is 1.73 bits per heavy atom. The molecule has 0 aromatic carbocycles. The molecule has 0 saturated carbocycles. The van der Waals surface area contributed by atoms with Gasteiger partial charge in [0.25, 0.3) is 0 Å². The molecule has 2 aliphatic heterocycles. The first-order chi connectivity index (χ1) is 7.33. The van der Waals surface area contributed by atoms with Crippen molar-refractivity contribution in [3.05, 3.63) is 36.1 Å². The highest BCUT2D eigenvalue weighted by molar-refractivity contribution is 5.39. The van der Waals surface area contributed by atoms with Crippen LogP contribution in [-0.4, -0.2) is 18.0 Å². The van der Waals surface area contributed by atoms with E-state index in [0.29, 0.717) is 0 Å². The molecule has 2 rings (SSSR count). The zero-order valence-electron chi connectivity index (χ0n) is 10.2. The summed E-state index contributed by atoms with van der Waals surface area (Å²) in [5.74, 6) is 0. The molecule has 0 amide bonds. The van der Waals surface area contributed by atoms with Crippen molar-refractivity contribution in [3.63, 3.8) is 0 Å². The van der Waals surface area contributed by atoms with E-state index in [2.05, 4.69) is 18.1 Å². The van der Waals surface area contributed by atoms with Crippen molar-refractivity contribution in [1.82, 2.24) is 4.90 Å². The Morgan fingerprint density at radius 1 is 1.13 bits per heavy atom. The molecule has 0 bridgehead atoms. The van der Waals surface area contributed by atoms with E-state index in [9.17, 15) is 0 Å². The van der Waals surface area contributed by atoms with Crippen LogP contribution < -0.4 is 0 Å². The van der Waals surface area contributed by atoms with E-state index in [-0.39, 0.29) is 0 Å². The largest absolute Gasteiger partial charge is 0.371 e. The van der Waals surface area contributed by atoms with Gasteiger partial charge in [-0.3, -0.25) is 0 Å². The van der Waals surface area contributed by atoms with Crippen molar-refractivity contribution in [2.24, 2.45) is 0 Å². The molecule has 0 aromatic rings. The first kappa shape index (κ1) is 12.1. The summed E-state index contributed by atoms with van der Waals surface area (Å²) in [4.78, 5) is 2.48. The van der Waals surface area contributed by atoms with Gasteiger partial charge in [-0.15, -0.1) is 0 Å². The normalized spacial score (nSPS) is 20.4. The maximum atomic E-state index is 4.15. The van der Waals surface area contributed by atoms with Gasteiger partial charge in [0.2, 0.25) is 0 Å². The Labute approximate surface area is 94.2 Å². The summed E-state index contributed by atoms with van der Waals surface area (Å²) in [6.45, 7) is 14.5. The Kier molecular flexibility index (Phi) is 4.67. The van der Waals surface area contributed by atoms with Crippen LogP contribution in [0.4, 0.5) is 0 Å². The number of nitrogens with zero attached hydrogens (tertiary/aromatic N) is 1. The maximum absolute atomic E-state index is 4.15. The van der Waals surface area contributed by atoms with E-state index in [0.717, 1.165) is 0 Å². The Balaban J connectivity index is 0.000000531. The van der Waals surface area contributed by atoms with Crippen molar-refractivity contribution in [2.75, 3.05) is 13.1 Å². The van der Waals surface area contributed by atoms with Gasteiger partial charge < -0.3 is 4.90 Å². The summed E-state index contributed by atoms with van der Waals surface area (Å²) in [6.07, 6.45) is 6.92. The number of allylic oxidation sites excluding steroid dienone is 3. The van der Waals surface area contributed by atoms with Gasteiger partial charge in [-0.05, 0) is 36.8 Å². The molecule has 1 fully saturated rings. The first-order valence-corrected chi connectivity index (χ1v) is 6.11. The van der Waals surface area contributed by atoms with Crippen LogP contribution in [-0.2, 0) is 0 Å². The minimum atomic E-state index is 1.17. The predicted molar refractivity (Wildman–Crippen MR) is 67.8 cm³/mol. The van der Waals surface area contributed by atoms with Crippen molar-refractivity contribution in [1.29, 1.82) is 0 Å². The van der Waals surface area contributed by atoms with Crippen LogP contribution in [0.5, 0.6) is 0 Å². The lowest BCUT2D eigenvalue weighted by Crippen LogP contribution is -2.33. The van der Waals surface area contributed by atoms with Crippen LogP contribution >= 0.6 is 0 Å². The third-order valence-corrected chi connectivity index (χ3v) is 2.98. The molecule has 84 valence electrons. The molecule has 0 unspecified atom stereocenters. The van der Waals surface area contributed by atoms with Gasteiger partial charge in [0.05, 0.1) is 0 Å². The van der Waals surface area contributed by atoms with Gasteiger partial charge in [-0.25, -0.2) is 0 Å². The van der Waals surface area contributed by atoms with Gasteiger partial charge in [-0.2, -0.15) is 0 Å². The topological polar surface area (TPSA) is 3.24 Å². The third-order valence-electron chi connectivity index (χ3n) is 2.98. The zero-order valence-corrected chi connectivity index (χ0v) is 10.2. The van der Waals surface area contributed by atoms with E-state index >= 15 is 0 Å². The van der Waals surface area contributed by atoms with Crippen molar-refractivity contribution in [2.45, 2.75) is 39.5 Å². The standard InChI is InChI=1S/C12H17N.C2H6/c1-3-11-7-5-9-13-8-4-6-10(2)12(11)13;1-2/h3H,1-2,4-9H2;1-2H3. The van der Waals surface area contributed by atoms with Crippen LogP contribution in [0.1, 0.15) is 39.5 Å². The van der Waals surface area contributed by atoms with Crippen LogP contribution in [0.3, 0.4) is 0 Å². The Morgan fingerprint density at radius 3 is 2.33 bits per heavy atom. The minimum absolute atomic E-state index is 1.17. The minimum Gasteiger partial charge on any atom is -0.371 e. The monoisotopic (exact) mass is 205 g/mol. The molecule has 0 spiro atoms. The van der Waals surface area contributed by atoms with Crippen LogP contribution in [0.2, 0.25) is 0 Å². The molecular formula is C14H23N. The fourth-order valence-electron chi connectivity index (χ4n) is 2.37. The maximum Gasteiger partial charge on any atom is 0.0425 e. The number of rotatable bonds is 1. The molecule has 1 saturated heterocycles. The lowest BCUT2D eigenvalue weighted by Gasteiger charge is -2.37. The highest BCUT2D eigenvalue weighted by Gasteiger charge is 2.23. The van der Waals surface area contributed by atoms with E-state index < -0.39 is 0 Å². The molecule has 0 aliphatic carbocycles. The zero-order chi connectivity index (χ0) is 11.3. The number of piperidine rings is 1. The summed E-state index contributed by atoms with van der Waals surface area (Å²) in [5.41, 5.74) is 4.14. The number of fused-ring (bicyclic) bond motifs is 1. The van der Waals surface area contributed by atoms with Gasteiger partial charge in [0, 0.05) is 18.8 Å². The second-order valence-electron chi connectivity index (χ2n) is 3.88. The average Bonchev–Trinajstić information content (AvgIpc) is 2.31. The summed E-state index contributed by atoms with van der Waals surface area (Å²) >= 11 is 0. The lowest BCUT2D eigenvalue weighted by molar-refractivity contribution is 0.298. The molecule has 0 radical (unpaired) electrons. The van der Waals surface area contributed by atoms with E-state index in [1.54, 1.807) is 0 Å². The Bertz CT molecular complexity index is 273. The third kappa shape index (κ3) is 2.53.